The van der Waals surface area contributed by atoms with Crippen molar-refractivity contribution in [1.82, 2.24) is 14.5 Å². The van der Waals surface area contributed by atoms with Gasteiger partial charge in [-0.3, -0.25) is 14.3 Å². The fraction of sp³-hybridized carbons (Fsp3) is 0.556. The van der Waals surface area contributed by atoms with Crippen LogP contribution in [0.25, 0.3) is 10.9 Å². The standard InChI is InChI=1S/C18H23N3OS/c1-20-17(19-14-7-3-2-6-13(14)18(20)22)12-21-10-11-23-16-9-5-4-8-15(16)21/h2-3,6-7,15-16H,4-5,8-12H2,1H3/t15-,16+/m0/s1. The van der Waals surface area contributed by atoms with E-state index in [1.165, 1.54) is 31.4 Å². The molecule has 23 heavy (non-hydrogen) atoms. The lowest BCUT2D eigenvalue weighted by molar-refractivity contribution is 0.150. The van der Waals surface area contributed by atoms with E-state index < -0.39 is 0 Å². The Morgan fingerprint density at radius 1 is 1.26 bits per heavy atom. The van der Waals surface area contributed by atoms with Crippen LogP contribution in [-0.4, -0.2) is 38.0 Å². The Labute approximate surface area is 140 Å². The molecule has 0 N–H and O–H groups in total. The topological polar surface area (TPSA) is 38.1 Å². The average Bonchev–Trinajstić information content (AvgIpc) is 2.60. The molecule has 4 rings (SSSR count). The lowest BCUT2D eigenvalue weighted by Gasteiger charge is -2.43. The molecule has 2 atom stereocenters. The molecule has 4 nitrogen and oxygen atoms in total. The molecule has 1 saturated heterocycles. The van der Waals surface area contributed by atoms with Gasteiger partial charge in [-0.2, -0.15) is 11.8 Å². The number of aromatic nitrogens is 2. The molecule has 0 amide bonds. The average molecular weight is 329 g/mol. The van der Waals surface area contributed by atoms with Crippen molar-refractivity contribution >= 4 is 22.7 Å². The van der Waals surface area contributed by atoms with Crippen molar-refractivity contribution in [2.75, 3.05) is 12.3 Å². The highest BCUT2D eigenvalue weighted by Crippen LogP contribution is 2.36. The van der Waals surface area contributed by atoms with Gasteiger partial charge in [-0.1, -0.05) is 25.0 Å². The molecule has 2 heterocycles. The Kier molecular flexibility index (Phi) is 4.16. The molecule has 5 heteroatoms. The molecule has 122 valence electrons. The first kappa shape index (κ1) is 15.2. The maximum atomic E-state index is 12.6. The van der Waals surface area contributed by atoms with Gasteiger partial charge in [0, 0.05) is 30.6 Å². The van der Waals surface area contributed by atoms with E-state index >= 15 is 0 Å². The van der Waals surface area contributed by atoms with E-state index in [2.05, 4.69) is 16.7 Å². The lowest BCUT2D eigenvalue weighted by atomic mass is 9.93. The molecule has 2 fully saturated rings. The zero-order chi connectivity index (χ0) is 15.8. The molecule has 2 aromatic rings. The predicted molar refractivity (Wildman–Crippen MR) is 95.9 cm³/mol. The number of hydrogen-bond donors (Lipinski definition) is 0. The third-order valence-corrected chi connectivity index (χ3v) is 6.66. The lowest BCUT2D eigenvalue weighted by Crippen LogP contribution is -2.49. The predicted octanol–water partition coefficient (Wildman–Crippen LogP) is 2.79. The molecular weight excluding hydrogens is 306 g/mol. The number of para-hydroxylation sites is 1. The van der Waals surface area contributed by atoms with Gasteiger partial charge in [-0.15, -0.1) is 0 Å². The van der Waals surface area contributed by atoms with Crippen LogP contribution in [0.1, 0.15) is 31.5 Å². The third kappa shape index (κ3) is 2.81. The normalized spacial score (nSPS) is 25.4. The zero-order valence-corrected chi connectivity index (χ0v) is 14.4. The van der Waals surface area contributed by atoms with Crippen molar-refractivity contribution < 1.29 is 0 Å². The van der Waals surface area contributed by atoms with Crippen molar-refractivity contribution in [2.24, 2.45) is 7.05 Å². The molecule has 1 aliphatic carbocycles. The van der Waals surface area contributed by atoms with Crippen LogP contribution in [0.2, 0.25) is 0 Å². The zero-order valence-electron chi connectivity index (χ0n) is 13.6. The van der Waals surface area contributed by atoms with Gasteiger partial charge in [0.05, 0.1) is 17.4 Å². The Balaban J connectivity index is 1.67. The molecule has 1 aromatic carbocycles. The second kappa shape index (κ2) is 6.29. The molecule has 0 unspecified atom stereocenters. The first-order valence-corrected chi connectivity index (χ1v) is 9.59. The Morgan fingerprint density at radius 2 is 2.09 bits per heavy atom. The van der Waals surface area contributed by atoms with E-state index in [1.54, 1.807) is 4.57 Å². The highest BCUT2D eigenvalue weighted by molar-refractivity contribution is 8.00. The summed E-state index contributed by atoms with van der Waals surface area (Å²) >= 11 is 2.14. The van der Waals surface area contributed by atoms with Crippen molar-refractivity contribution in [1.29, 1.82) is 0 Å². The third-order valence-electron chi connectivity index (χ3n) is 5.27. The SMILES string of the molecule is Cn1c(CN2CCS[C@@H]3CCCC[C@@H]32)nc2ccccc2c1=O. The van der Waals surface area contributed by atoms with Gasteiger partial charge in [-0.05, 0) is 25.0 Å². The Bertz CT molecular complexity index is 770. The second-order valence-electron chi connectivity index (χ2n) is 6.64. The fourth-order valence-electron chi connectivity index (χ4n) is 3.96. The summed E-state index contributed by atoms with van der Waals surface area (Å²) in [6, 6.07) is 8.32. The van der Waals surface area contributed by atoms with Gasteiger partial charge < -0.3 is 0 Å². The van der Waals surface area contributed by atoms with Gasteiger partial charge in [0.25, 0.3) is 5.56 Å². The molecule has 1 saturated carbocycles. The quantitative estimate of drug-likeness (QED) is 0.849. The van der Waals surface area contributed by atoms with Crippen LogP contribution in [-0.2, 0) is 13.6 Å². The van der Waals surface area contributed by atoms with Crippen LogP contribution in [0.5, 0.6) is 0 Å². The molecule has 0 spiro atoms. The minimum absolute atomic E-state index is 0.0668. The van der Waals surface area contributed by atoms with E-state index in [0.717, 1.165) is 29.7 Å². The van der Waals surface area contributed by atoms with E-state index in [0.29, 0.717) is 11.4 Å². The number of fused-ring (bicyclic) bond motifs is 2. The molecular formula is C18H23N3OS. The summed E-state index contributed by atoms with van der Waals surface area (Å²) in [5.74, 6) is 2.09. The largest absolute Gasteiger partial charge is 0.298 e. The van der Waals surface area contributed by atoms with Gasteiger partial charge in [0.15, 0.2) is 0 Å². The van der Waals surface area contributed by atoms with Crippen LogP contribution < -0.4 is 5.56 Å². The van der Waals surface area contributed by atoms with Crippen molar-refractivity contribution in [3.8, 4) is 0 Å². The van der Waals surface area contributed by atoms with E-state index in [9.17, 15) is 4.79 Å². The van der Waals surface area contributed by atoms with Gasteiger partial charge in [0.1, 0.15) is 5.82 Å². The van der Waals surface area contributed by atoms with Crippen molar-refractivity contribution in [2.45, 2.75) is 43.5 Å². The first-order valence-electron chi connectivity index (χ1n) is 8.54. The van der Waals surface area contributed by atoms with Crippen LogP contribution in [0.4, 0.5) is 0 Å². The van der Waals surface area contributed by atoms with Gasteiger partial charge in [-0.25, -0.2) is 4.98 Å². The van der Waals surface area contributed by atoms with Crippen molar-refractivity contribution in [3.05, 3.63) is 40.4 Å². The highest BCUT2D eigenvalue weighted by atomic mass is 32.2. The minimum atomic E-state index is 0.0668. The number of hydrogen-bond acceptors (Lipinski definition) is 4. The monoisotopic (exact) mass is 329 g/mol. The molecule has 0 radical (unpaired) electrons. The Morgan fingerprint density at radius 3 is 3.00 bits per heavy atom. The maximum absolute atomic E-state index is 12.6. The van der Waals surface area contributed by atoms with E-state index in [-0.39, 0.29) is 5.56 Å². The summed E-state index contributed by atoms with van der Waals surface area (Å²) < 4.78 is 1.74. The first-order chi connectivity index (χ1) is 11.2. The number of nitrogens with zero attached hydrogens (tertiary/aromatic N) is 3. The molecule has 1 aromatic heterocycles. The second-order valence-corrected chi connectivity index (χ2v) is 7.99. The van der Waals surface area contributed by atoms with Crippen LogP contribution in [0.15, 0.2) is 29.1 Å². The van der Waals surface area contributed by atoms with Crippen LogP contribution >= 0.6 is 11.8 Å². The van der Waals surface area contributed by atoms with E-state index in [1.807, 2.05) is 31.3 Å². The highest BCUT2D eigenvalue weighted by Gasteiger charge is 2.34. The summed E-state index contributed by atoms with van der Waals surface area (Å²) in [7, 11) is 1.86. The number of benzene rings is 1. The molecule has 0 bridgehead atoms. The van der Waals surface area contributed by atoms with Gasteiger partial charge >= 0.3 is 0 Å². The Hall–Kier alpha value is -1.33. The summed E-state index contributed by atoms with van der Waals surface area (Å²) in [5.41, 5.74) is 0.884. The number of thioether (sulfide) groups is 1. The molecule has 2 aliphatic rings. The van der Waals surface area contributed by atoms with Gasteiger partial charge in [0.2, 0.25) is 0 Å². The fourth-order valence-corrected chi connectivity index (χ4v) is 5.47. The van der Waals surface area contributed by atoms with Crippen molar-refractivity contribution in [3.63, 3.8) is 0 Å². The van der Waals surface area contributed by atoms with Crippen LogP contribution in [0, 0.1) is 0 Å². The van der Waals surface area contributed by atoms with Crippen LogP contribution in [0.3, 0.4) is 0 Å². The molecule has 1 aliphatic heterocycles. The van der Waals surface area contributed by atoms with E-state index in [4.69, 9.17) is 4.98 Å². The summed E-state index contributed by atoms with van der Waals surface area (Å²) in [4.78, 5) is 19.9. The summed E-state index contributed by atoms with van der Waals surface area (Å²) in [5, 5.41) is 1.48. The summed E-state index contributed by atoms with van der Waals surface area (Å²) in [6.45, 7) is 1.90. The smallest absolute Gasteiger partial charge is 0.261 e. The maximum Gasteiger partial charge on any atom is 0.261 e. The summed E-state index contributed by atoms with van der Waals surface area (Å²) in [6.07, 6.45) is 5.34. The number of rotatable bonds is 2. The minimum Gasteiger partial charge on any atom is -0.298 e.